The van der Waals surface area contributed by atoms with Crippen LogP contribution in [0.4, 0.5) is 19.1 Å². The number of aromatic nitrogens is 2. The number of carbonyl (C=O) groups excluding carboxylic acids is 1. The maximum Gasteiger partial charge on any atom is 0.242 e. The second kappa shape index (κ2) is 8.04. The van der Waals surface area contributed by atoms with E-state index >= 15 is 0 Å². The number of likely N-dealkylation sites (tertiary alicyclic amines) is 1. The van der Waals surface area contributed by atoms with Gasteiger partial charge in [-0.2, -0.15) is 5.26 Å². The summed E-state index contributed by atoms with van der Waals surface area (Å²) in [6.07, 6.45) is 0.227. The lowest BCUT2D eigenvalue weighted by atomic mass is 9.82. The molecule has 3 heterocycles. The molecule has 1 aromatic carbocycles. The summed E-state index contributed by atoms with van der Waals surface area (Å²) in [6.45, 7) is 3.18. The summed E-state index contributed by atoms with van der Waals surface area (Å²) in [4.78, 5) is 20.9. The van der Waals surface area contributed by atoms with Crippen LogP contribution in [0, 0.1) is 28.4 Å². The van der Waals surface area contributed by atoms with Crippen molar-refractivity contribution in [1.82, 2.24) is 14.5 Å². The molecule has 2 saturated heterocycles. The van der Waals surface area contributed by atoms with E-state index in [9.17, 15) is 23.2 Å². The highest BCUT2D eigenvalue weighted by Crippen LogP contribution is 2.31. The van der Waals surface area contributed by atoms with Gasteiger partial charge >= 0.3 is 0 Å². The molecule has 31 heavy (non-hydrogen) atoms. The Kier molecular flexibility index (Phi) is 5.56. The number of halogens is 3. The predicted molar refractivity (Wildman–Crippen MR) is 109 cm³/mol. The van der Waals surface area contributed by atoms with Gasteiger partial charge in [0.05, 0.1) is 28.6 Å². The second-order valence-corrected chi connectivity index (χ2v) is 8.72. The van der Waals surface area contributed by atoms with Crippen molar-refractivity contribution in [2.24, 2.45) is 11.1 Å². The van der Waals surface area contributed by atoms with E-state index in [1.165, 1.54) is 0 Å². The molecule has 1 aromatic heterocycles. The summed E-state index contributed by atoms with van der Waals surface area (Å²) in [5, 5.41) is 9.30. The number of hydrogen-bond acceptors (Lipinski definition) is 5. The summed E-state index contributed by atoms with van der Waals surface area (Å²) in [5.41, 5.74) is 5.94. The number of anilines is 1. The van der Waals surface area contributed by atoms with E-state index in [-0.39, 0.29) is 36.5 Å². The first-order valence-corrected chi connectivity index (χ1v) is 10.4. The first-order chi connectivity index (χ1) is 14.7. The van der Waals surface area contributed by atoms with E-state index in [2.05, 4.69) is 11.1 Å². The Morgan fingerprint density at radius 3 is 2.61 bits per heavy atom. The molecule has 166 valence electrons. The molecular weight excluding hydrogens is 409 g/mol. The summed E-state index contributed by atoms with van der Waals surface area (Å²) in [6, 6.07) is 3.61. The third-order valence-electron chi connectivity index (χ3n) is 6.41. The number of piperidine rings is 2. The lowest BCUT2D eigenvalue weighted by Gasteiger charge is -2.36. The molecule has 0 bridgehead atoms. The molecule has 0 radical (unpaired) electrons. The number of benzene rings is 1. The van der Waals surface area contributed by atoms with Crippen LogP contribution in [0.15, 0.2) is 12.1 Å². The number of alkyl halides is 1. The van der Waals surface area contributed by atoms with Crippen molar-refractivity contribution in [1.29, 1.82) is 5.26 Å². The van der Waals surface area contributed by atoms with E-state index < -0.39 is 29.3 Å². The number of hydrogen-bond donors (Lipinski definition) is 1. The number of nitrogens with zero attached hydrogens (tertiary/aromatic N) is 5. The number of nitriles is 1. The molecule has 2 N–H and O–H groups in total. The smallest absolute Gasteiger partial charge is 0.242 e. The Balaban J connectivity index is 1.64. The van der Waals surface area contributed by atoms with Gasteiger partial charge in [0.25, 0.3) is 0 Å². The van der Waals surface area contributed by atoms with Crippen LogP contribution >= 0.6 is 0 Å². The number of rotatable bonds is 3. The molecule has 0 aliphatic carbocycles. The number of nitrogens with two attached hydrogens (primary N) is 1. The SMILES string of the molecule is CC1(C#N)CCN(C(=O)Cn2c(N3CC[C@@H](F)[C@H](N)C3)nc3cc(F)c(F)cc32)CC1. The number of carbonyl (C=O) groups is 1. The molecule has 0 saturated carbocycles. The van der Waals surface area contributed by atoms with Crippen molar-refractivity contribution in [3.05, 3.63) is 23.8 Å². The zero-order chi connectivity index (χ0) is 22.3. The van der Waals surface area contributed by atoms with Gasteiger partial charge in [-0.3, -0.25) is 4.79 Å². The van der Waals surface area contributed by atoms with Crippen LogP contribution in [-0.2, 0) is 11.3 Å². The van der Waals surface area contributed by atoms with Gasteiger partial charge in [-0.05, 0) is 26.2 Å². The monoisotopic (exact) mass is 434 g/mol. The van der Waals surface area contributed by atoms with Crippen molar-refractivity contribution in [2.75, 3.05) is 31.1 Å². The molecule has 0 unspecified atom stereocenters. The van der Waals surface area contributed by atoms with Gasteiger partial charge in [-0.15, -0.1) is 0 Å². The molecular formula is C21H25F3N6O. The number of fused-ring (bicyclic) bond motifs is 1. The van der Waals surface area contributed by atoms with E-state index in [1.807, 2.05) is 6.92 Å². The van der Waals surface area contributed by atoms with Gasteiger partial charge < -0.3 is 20.1 Å². The third-order valence-corrected chi connectivity index (χ3v) is 6.41. The predicted octanol–water partition coefficient (Wildman–Crippen LogP) is 2.34. The van der Waals surface area contributed by atoms with Crippen LogP contribution in [0.5, 0.6) is 0 Å². The van der Waals surface area contributed by atoms with Gasteiger partial charge in [0.1, 0.15) is 12.7 Å². The zero-order valence-electron chi connectivity index (χ0n) is 17.3. The highest BCUT2D eigenvalue weighted by Gasteiger charge is 2.33. The van der Waals surface area contributed by atoms with Crippen molar-refractivity contribution in [2.45, 2.75) is 44.9 Å². The van der Waals surface area contributed by atoms with Crippen LogP contribution in [0.2, 0.25) is 0 Å². The van der Waals surface area contributed by atoms with Crippen LogP contribution in [-0.4, -0.2) is 58.8 Å². The van der Waals surface area contributed by atoms with Gasteiger partial charge in [-0.25, -0.2) is 18.2 Å². The average Bonchev–Trinajstić information content (AvgIpc) is 3.08. The minimum Gasteiger partial charge on any atom is -0.341 e. The molecule has 2 fully saturated rings. The minimum absolute atomic E-state index is 0.120. The summed E-state index contributed by atoms with van der Waals surface area (Å²) in [5.74, 6) is -1.92. The Morgan fingerprint density at radius 2 is 1.97 bits per heavy atom. The Labute approximate surface area is 178 Å². The first-order valence-electron chi connectivity index (χ1n) is 10.4. The van der Waals surface area contributed by atoms with Crippen LogP contribution in [0.3, 0.4) is 0 Å². The summed E-state index contributed by atoms with van der Waals surface area (Å²) < 4.78 is 43.2. The maximum atomic E-state index is 14.0. The second-order valence-electron chi connectivity index (χ2n) is 8.72. The van der Waals surface area contributed by atoms with E-state index in [4.69, 9.17) is 5.73 Å². The lowest BCUT2D eigenvalue weighted by Crippen LogP contribution is -2.50. The van der Waals surface area contributed by atoms with Crippen molar-refractivity contribution in [3.8, 4) is 6.07 Å². The molecule has 2 aromatic rings. The molecule has 2 aliphatic rings. The molecule has 10 heteroatoms. The summed E-state index contributed by atoms with van der Waals surface area (Å²) in [7, 11) is 0. The highest BCUT2D eigenvalue weighted by atomic mass is 19.2. The Hall–Kier alpha value is -2.80. The number of imidazole rings is 1. The third kappa shape index (κ3) is 4.06. The standard InChI is InChI=1S/C21H25F3N6O/c1-21(12-25)3-6-28(7-4-21)19(31)11-30-18-9-15(24)14(23)8-17(18)27-20(30)29-5-2-13(22)16(26)10-29/h8-9,13,16H,2-7,10-11,26H2,1H3/t13-,16-/m1/s1. The highest BCUT2D eigenvalue weighted by molar-refractivity contribution is 5.83. The van der Waals surface area contributed by atoms with E-state index in [1.54, 1.807) is 14.4 Å². The average molecular weight is 434 g/mol. The summed E-state index contributed by atoms with van der Waals surface area (Å²) >= 11 is 0. The molecule has 2 aliphatic heterocycles. The Bertz CT molecular complexity index is 1040. The Morgan fingerprint density at radius 1 is 1.29 bits per heavy atom. The van der Waals surface area contributed by atoms with Crippen molar-refractivity contribution < 1.29 is 18.0 Å². The minimum atomic E-state index is -1.13. The van der Waals surface area contributed by atoms with Gasteiger partial charge in [0.15, 0.2) is 11.6 Å². The van der Waals surface area contributed by atoms with Crippen molar-refractivity contribution >= 4 is 22.9 Å². The first kappa shape index (κ1) is 21.4. The fraction of sp³-hybridized carbons (Fsp3) is 0.571. The molecule has 2 atom stereocenters. The fourth-order valence-electron chi connectivity index (χ4n) is 4.24. The quantitative estimate of drug-likeness (QED) is 0.801. The van der Waals surface area contributed by atoms with Crippen LogP contribution < -0.4 is 10.6 Å². The van der Waals surface area contributed by atoms with Gasteiger partial charge in [0.2, 0.25) is 11.9 Å². The molecule has 7 nitrogen and oxygen atoms in total. The van der Waals surface area contributed by atoms with Crippen molar-refractivity contribution in [3.63, 3.8) is 0 Å². The van der Waals surface area contributed by atoms with Gasteiger partial charge in [-0.1, -0.05) is 0 Å². The molecule has 4 rings (SSSR count). The number of amides is 1. The molecule has 0 spiro atoms. The molecule has 1 amide bonds. The lowest BCUT2D eigenvalue weighted by molar-refractivity contribution is -0.133. The largest absolute Gasteiger partial charge is 0.341 e. The van der Waals surface area contributed by atoms with E-state index in [0.29, 0.717) is 38.4 Å². The fourth-order valence-corrected chi connectivity index (χ4v) is 4.24. The van der Waals surface area contributed by atoms with Crippen LogP contribution in [0.25, 0.3) is 11.0 Å². The van der Waals surface area contributed by atoms with E-state index in [0.717, 1.165) is 12.1 Å². The maximum absolute atomic E-state index is 14.0. The van der Waals surface area contributed by atoms with Crippen LogP contribution in [0.1, 0.15) is 26.2 Å². The topological polar surface area (TPSA) is 91.2 Å². The van der Waals surface area contributed by atoms with Gasteiger partial charge in [0, 0.05) is 38.3 Å². The zero-order valence-corrected chi connectivity index (χ0v) is 17.3. The normalized spacial score (nSPS) is 23.7.